The van der Waals surface area contributed by atoms with Crippen molar-refractivity contribution in [3.8, 4) is 0 Å². The van der Waals surface area contributed by atoms with Crippen LogP contribution < -0.4 is 16.4 Å². The molecule has 1 heterocycles. The number of carbonyl (C=O) groups is 2. The smallest absolute Gasteiger partial charge is 0.248 e. The van der Waals surface area contributed by atoms with Gasteiger partial charge >= 0.3 is 0 Å². The van der Waals surface area contributed by atoms with E-state index >= 15 is 0 Å². The van der Waals surface area contributed by atoms with Crippen LogP contribution in [-0.2, 0) is 4.79 Å². The zero-order valence-electron chi connectivity index (χ0n) is 10.9. The molecule has 0 radical (unpaired) electrons. The number of primary amides is 1. The van der Waals surface area contributed by atoms with E-state index in [1.807, 2.05) is 11.8 Å². The van der Waals surface area contributed by atoms with Crippen molar-refractivity contribution in [2.75, 3.05) is 23.4 Å². The molecule has 5 nitrogen and oxygen atoms in total. The molecular formula is C13H18ClN3O2S. The third kappa shape index (κ3) is 5.03. The summed E-state index contributed by atoms with van der Waals surface area (Å²) in [7, 11) is 0. The van der Waals surface area contributed by atoms with Gasteiger partial charge in [-0.2, -0.15) is 11.8 Å². The summed E-state index contributed by atoms with van der Waals surface area (Å²) in [6.45, 7) is 0.954. The fraction of sp³-hybridized carbons (Fsp3) is 0.385. The molecule has 7 heteroatoms. The summed E-state index contributed by atoms with van der Waals surface area (Å²) in [5.74, 6) is 1.58. The van der Waals surface area contributed by atoms with Gasteiger partial charge in [-0.15, -0.1) is 12.4 Å². The Kier molecular flexibility index (Phi) is 6.84. The number of anilines is 1. The third-order valence-electron chi connectivity index (χ3n) is 2.88. The van der Waals surface area contributed by atoms with E-state index in [0.717, 1.165) is 18.1 Å². The molecule has 4 N–H and O–H groups in total. The highest BCUT2D eigenvalue weighted by atomic mass is 35.5. The Labute approximate surface area is 128 Å². The summed E-state index contributed by atoms with van der Waals surface area (Å²) < 4.78 is 0. The van der Waals surface area contributed by atoms with Crippen LogP contribution in [0.5, 0.6) is 0 Å². The van der Waals surface area contributed by atoms with Crippen LogP contribution in [0.25, 0.3) is 0 Å². The maximum Gasteiger partial charge on any atom is 0.248 e. The number of carbonyl (C=O) groups excluding carboxylic acids is 2. The van der Waals surface area contributed by atoms with E-state index in [0.29, 0.717) is 17.7 Å². The average Bonchev–Trinajstić information content (AvgIpc) is 2.40. The maximum absolute atomic E-state index is 11.8. The molecule has 0 spiro atoms. The molecule has 2 rings (SSSR count). The summed E-state index contributed by atoms with van der Waals surface area (Å²) in [4.78, 5) is 22.8. The molecule has 1 aromatic carbocycles. The highest BCUT2D eigenvalue weighted by Gasteiger charge is 2.16. The van der Waals surface area contributed by atoms with Gasteiger partial charge in [0.25, 0.3) is 0 Å². The van der Waals surface area contributed by atoms with Gasteiger partial charge in [0.2, 0.25) is 11.8 Å². The van der Waals surface area contributed by atoms with E-state index < -0.39 is 5.91 Å². The number of halogens is 1. The predicted octanol–water partition coefficient (Wildman–Crippen LogP) is 1.24. The van der Waals surface area contributed by atoms with Gasteiger partial charge in [0.05, 0.1) is 0 Å². The van der Waals surface area contributed by atoms with Gasteiger partial charge in [0.1, 0.15) is 0 Å². The first-order valence-electron chi connectivity index (χ1n) is 6.16. The fourth-order valence-corrected chi connectivity index (χ4v) is 2.85. The molecule has 0 bridgehead atoms. The van der Waals surface area contributed by atoms with Gasteiger partial charge in [-0.05, 0) is 24.3 Å². The highest BCUT2D eigenvalue weighted by Crippen LogP contribution is 2.13. The quantitative estimate of drug-likeness (QED) is 0.780. The third-order valence-corrected chi connectivity index (χ3v) is 4.01. The zero-order chi connectivity index (χ0) is 13.7. The van der Waals surface area contributed by atoms with Crippen molar-refractivity contribution in [1.82, 2.24) is 5.32 Å². The Morgan fingerprint density at radius 1 is 1.35 bits per heavy atom. The van der Waals surface area contributed by atoms with E-state index in [-0.39, 0.29) is 24.4 Å². The summed E-state index contributed by atoms with van der Waals surface area (Å²) >= 11 is 1.86. The first-order valence-corrected chi connectivity index (χ1v) is 7.31. The van der Waals surface area contributed by atoms with Crippen LogP contribution in [0.15, 0.2) is 24.3 Å². The van der Waals surface area contributed by atoms with Crippen molar-refractivity contribution in [2.24, 2.45) is 5.73 Å². The summed E-state index contributed by atoms with van der Waals surface area (Å²) in [5, 5.41) is 6.13. The topological polar surface area (TPSA) is 84.2 Å². The number of nitrogens with one attached hydrogen (secondary N) is 2. The monoisotopic (exact) mass is 315 g/mol. The van der Waals surface area contributed by atoms with E-state index in [1.54, 1.807) is 24.3 Å². The predicted molar refractivity (Wildman–Crippen MR) is 84.6 cm³/mol. The first kappa shape index (κ1) is 16.8. The van der Waals surface area contributed by atoms with Gasteiger partial charge in [-0.25, -0.2) is 0 Å². The van der Waals surface area contributed by atoms with Crippen molar-refractivity contribution in [1.29, 1.82) is 0 Å². The molecule has 1 unspecified atom stereocenters. The molecule has 0 aliphatic carbocycles. The molecule has 1 fully saturated rings. The summed E-state index contributed by atoms with van der Waals surface area (Å²) in [6.07, 6.45) is 0.463. The average molecular weight is 316 g/mol. The Morgan fingerprint density at radius 2 is 2.05 bits per heavy atom. The number of hydrogen-bond donors (Lipinski definition) is 3. The number of amides is 2. The molecule has 0 saturated carbocycles. The van der Waals surface area contributed by atoms with Crippen LogP contribution in [-0.4, -0.2) is 35.9 Å². The number of rotatable bonds is 4. The van der Waals surface area contributed by atoms with Crippen LogP contribution in [0.4, 0.5) is 5.69 Å². The highest BCUT2D eigenvalue weighted by molar-refractivity contribution is 7.99. The van der Waals surface area contributed by atoms with Crippen LogP contribution in [0.1, 0.15) is 16.8 Å². The van der Waals surface area contributed by atoms with Crippen LogP contribution in [0, 0.1) is 0 Å². The molecule has 0 aromatic heterocycles. The zero-order valence-corrected chi connectivity index (χ0v) is 12.6. The fourth-order valence-electron chi connectivity index (χ4n) is 1.90. The lowest BCUT2D eigenvalue weighted by Gasteiger charge is -2.22. The molecule has 20 heavy (non-hydrogen) atoms. The Bertz CT molecular complexity index is 461. The lowest BCUT2D eigenvalue weighted by Crippen LogP contribution is -2.39. The summed E-state index contributed by atoms with van der Waals surface area (Å²) in [6, 6.07) is 6.81. The number of hydrogen-bond acceptors (Lipinski definition) is 4. The molecule has 1 aliphatic rings. The normalized spacial score (nSPS) is 17.9. The molecule has 1 aromatic rings. The minimum atomic E-state index is -0.471. The van der Waals surface area contributed by atoms with E-state index in [1.165, 1.54) is 0 Å². The van der Waals surface area contributed by atoms with Crippen molar-refractivity contribution in [3.05, 3.63) is 29.8 Å². The molecule has 1 saturated heterocycles. The van der Waals surface area contributed by atoms with Crippen LogP contribution >= 0.6 is 24.2 Å². The maximum atomic E-state index is 11.8. The van der Waals surface area contributed by atoms with Crippen molar-refractivity contribution in [3.63, 3.8) is 0 Å². The minimum absolute atomic E-state index is 0. The summed E-state index contributed by atoms with van der Waals surface area (Å²) in [5.41, 5.74) is 6.26. The lowest BCUT2D eigenvalue weighted by atomic mass is 10.2. The van der Waals surface area contributed by atoms with Gasteiger partial charge in [-0.3, -0.25) is 9.59 Å². The molecular weight excluding hydrogens is 298 g/mol. The number of nitrogens with two attached hydrogens (primary N) is 1. The van der Waals surface area contributed by atoms with Crippen LogP contribution in [0.2, 0.25) is 0 Å². The van der Waals surface area contributed by atoms with E-state index in [9.17, 15) is 9.59 Å². The standard InChI is InChI=1S/C13H17N3O2S.ClH/c14-13(18)9-1-3-10(4-2-9)16-12(17)7-11-8-19-6-5-15-11;/h1-4,11,15H,5-8H2,(H2,14,18)(H,16,17);1H. The number of thioether (sulfide) groups is 1. The van der Waals surface area contributed by atoms with E-state index in [2.05, 4.69) is 10.6 Å². The Balaban J connectivity index is 0.00000200. The Morgan fingerprint density at radius 3 is 2.60 bits per heavy atom. The second-order valence-electron chi connectivity index (χ2n) is 4.42. The van der Waals surface area contributed by atoms with Crippen molar-refractivity contribution in [2.45, 2.75) is 12.5 Å². The molecule has 110 valence electrons. The van der Waals surface area contributed by atoms with Gasteiger partial charge in [0, 0.05) is 41.8 Å². The van der Waals surface area contributed by atoms with E-state index in [4.69, 9.17) is 5.73 Å². The van der Waals surface area contributed by atoms with Crippen molar-refractivity contribution >= 4 is 41.7 Å². The SMILES string of the molecule is Cl.NC(=O)c1ccc(NC(=O)CC2CSCCN2)cc1. The Hall–Kier alpha value is -1.24. The second kappa shape index (κ2) is 8.14. The van der Waals surface area contributed by atoms with Gasteiger partial charge in [0.15, 0.2) is 0 Å². The molecule has 1 aliphatic heterocycles. The lowest BCUT2D eigenvalue weighted by molar-refractivity contribution is -0.116. The second-order valence-corrected chi connectivity index (χ2v) is 5.57. The first-order chi connectivity index (χ1) is 9.15. The van der Waals surface area contributed by atoms with Gasteiger partial charge in [-0.1, -0.05) is 0 Å². The largest absolute Gasteiger partial charge is 0.366 e. The molecule has 2 amide bonds. The minimum Gasteiger partial charge on any atom is -0.366 e. The number of benzene rings is 1. The van der Waals surface area contributed by atoms with Crippen LogP contribution in [0.3, 0.4) is 0 Å². The van der Waals surface area contributed by atoms with Crippen molar-refractivity contribution < 1.29 is 9.59 Å². The molecule has 1 atom stereocenters. The van der Waals surface area contributed by atoms with Gasteiger partial charge < -0.3 is 16.4 Å².